The Morgan fingerprint density at radius 2 is 1.85 bits per heavy atom. The average Bonchev–Trinajstić information content (AvgIpc) is 3.68. The highest BCUT2D eigenvalue weighted by Gasteiger charge is 2.28. The van der Waals surface area contributed by atoms with Crippen LogP contribution in [0, 0.1) is 6.92 Å². The van der Waals surface area contributed by atoms with Crippen molar-refractivity contribution in [1.82, 2.24) is 40.1 Å². The third-order valence-corrected chi connectivity index (χ3v) is 9.03. The fourth-order valence-electron chi connectivity index (χ4n) is 6.24. The van der Waals surface area contributed by atoms with Gasteiger partial charge in [0.15, 0.2) is 5.82 Å². The van der Waals surface area contributed by atoms with Gasteiger partial charge in [-0.15, -0.1) is 10.2 Å². The Bertz CT molecular complexity index is 1310. The number of carbonyl (C=O) groups excluding carboxylic acids is 1. The lowest BCUT2D eigenvalue weighted by molar-refractivity contribution is -0.164. The zero-order valence-electron chi connectivity index (χ0n) is 29.7. The van der Waals surface area contributed by atoms with Crippen LogP contribution < -0.4 is 10.2 Å². The number of amides is 1. The molecule has 12 heteroatoms. The number of carbonyl (C=O) groups is 1. The van der Waals surface area contributed by atoms with Crippen molar-refractivity contribution in [2.24, 2.45) is 0 Å². The van der Waals surface area contributed by atoms with E-state index in [2.05, 4.69) is 93.0 Å². The maximum Gasteiger partial charge on any atom is 0.410 e. The van der Waals surface area contributed by atoms with Crippen molar-refractivity contribution >= 4 is 11.8 Å². The van der Waals surface area contributed by atoms with Gasteiger partial charge in [0.1, 0.15) is 18.7 Å². The summed E-state index contributed by atoms with van der Waals surface area (Å²) in [6.07, 6.45) is 4.77. The van der Waals surface area contributed by atoms with Crippen LogP contribution in [0.1, 0.15) is 66.4 Å². The SMILES string of the molecule is CC/C(CN(CON1CCC[C@H]1C)c1cccc(-c2nncn2CC)c1C)=C(/CN(C)N1CCN(C(=O)OC(C)(C)C)CC1)NC. The lowest BCUT2D eigenvalue weighted by atomic mass is 10.0. The molecule has 2 aromatic rings. The number of hydrogen-bond acceptors (Lipinski definition) is 10. The van der Waals surface area contributed by atoms with Crippen molar-refractivity contribution in [2.45, 2.75) is 85.9 Å². The van der Waals surface area contributed by atoms with Crippen LogP contribution in [0.4, 0.5) is 10.5 Å². The second-order valence-corrected chi connectivity index (χ2v) is 13.4. The van der Waals surface area contributed by atoms with Crippen molar-refractivity contribution in [2.75, 3.05) is 71.5 Å². The van der Waals surface area contributed by atoms with E-state index in [0.717, 1.165) is 81.2 Å². The van der Waals surface area contributed by atoms with Gasteiger partial charge >= 0.3 is 6.09 Å². The highest BCUT2D eigenvalue weighted by molar-refractivity contribution is 5.70. The third-order valence-electron chi connectivity index (χ3n) is 9.03. The quantitative estimate of drug-likeness (QED) is 0.310. The van der Waals surface area contributed by atoms with E-state index >= 15 is 0 Å². The predicted octanol–water partition coefficient (Wildman–Crippen LogP) is 4.74. The minimum absolute atomic E-state index is 0.237. The Morgan fingerprint density at radius 3 is 2.46 bits per heavy atom. The first-order chi connectivity index (χ1) is 21.9. The molecule has 46 heavy (non-hydrogen) atoms. The molecule has 1 atom stereocenters. The number of likely N-dealkylation sites (N-methyl/N-ethyl adjacent to an activating group) is 2. The summed E-state index contributed by atoms with van der Waals surface area (Å²) in [5.41, 5.74) is 5.39. The second kappa shape index (κ2) is 16.1. The van der Waals surface area contributed by atoms with Crippen LogP contribution >= 0.6 is 0 Å². The van der Waals surface area contributed by atoms with E-state index in [-0.39, 0.29) is 6.09 Å². The maximum atomic E-state index is 12.6. The van der Waals surface area contributed by atoms with Gasteiger partial charge in [-0.3, -0.25) is 4.84 Å². The molecule has 0 radical (unpaired) electrons. The standard InChI is InChI=1S/C34H57N9O3/c1-10-28(30(35-8)23-38(9)42-20-18-40(19-21-42)33(44)46-34(5,6)7)22-41(25-45-43-17-13-14-26(43)3)31-16-12-15-29(27(31)4)32-37-36-24-39(32)11-2/h12,15-16,24,26,35H,10-11,13-14,17-23,25H2,1-9H3/b30-28+/t26-/m1/s1. The fraction of sp³-hybridized carbons (Fsp3) is 0.676. The number of ether oxygens (including phenoxy) is 1. The van der Waals surface area contributed by atoms with Crippen molar-refractivity contribution in [3.05, 3.63) is 41.4 Å². The molecule has 0 saturated carbocycles. The van der Waals surface area contributed by atoms with Crippen LogP contribution in [0.5, 0.6) is 0 Å². The number of hydrazine groups is 1. The summed E-state index contributed by atoms with van der Waals surface area (Å²) in [5, 5.41) is 18.9. The number of nitrogens with zero attached hydrogens (tertiary/aromatic N) is 8. The number of nitrogens with one attached hydrogen (secondary N) is 1. The number of rotatable bonds is 13. The number of hydrogen-bond donors (Lipinski definition) is 1. The molecule has 1 amide bonds. The maximum absolute atomic E-state index is 12.6. The summed E-state index contributed by atoms with van der Waals surface area (Å²) in [6.45, 7) is 20.9. The van der Waals surface area contributed by atoms with Gasteiger partial charge in [-0.2, -0.15) is 5.06 Å². The number of aryl methyl sites for hydroxylation is 1. The summed E-state index contributed by atoms with van der Waals surface area (Å²) in [7, 11) is 4.14. The number of hydroxylamine groups is 2. The van der Waals surface area contributed by atoms with E-state index in [1.54, 1.807) is 11.2 Å². The molecule has 3 heterocycles. The minimum atomic E-state index is -0.492. The number of aromatic nitrogens is 3. The van der Waals surface area contributed by atoms with Crippen molar-refractivity contribution in [3.8, 4) is 11.4 Å². The summed E-state index contributed by atoms with van der Waals surface area (Å²) in [5.74, 6) is 0.881. The molecule has 2 aliphatic heterocycles. The first-order valence-electron chi connectivity index (χ1n) is 16.9. The Kier molecular flexibility index (Phi) is 12.5. The minimum Gasteiger partial charge on any atom is -0.444 e. The smallest absolute Gasteiger partial charge is 0.410 e. The van der Waals surface area contributed by atoms with E-state index in [1.807, 2.05) is 27.8 Å². The number of anilines is 1. The normalized spacial score (nSPS) is 18.7. The summed E-state index contributed by atoms with van der Waals surface area (Å²) in [6, 6.07) is 6.83. The first-order valence-corrected chi connectivity index (χ1v) is 16.9. The van der Waals surface area contributed by atoms with Crippen LogP contribution in [-0.2, 0) is 16.1 Å². The van der Waals surface area contributed by atoms with Gasteiger partial charge in [0.05, 0.1) is 6.54 Å². The predicted molar refractivity (Wildman–Crippen MR) is 183 cm³/mol. The molecule has 4 rings (SSSR count). The number of piperazine rings is 1. The molecule has 0 spiro atoms. The van der Waals surface area contributed by atoms with Crippen LogP contribution in [-0.4, -0.2) is 119 Å². The Hall–Kier alpha value is -3.19. The highest BCUT2D eigenvalue weighted by atomic mass is 16.7. The molecular weight excluding hydrogens is 582 g/mol. The molecular formula is C34H57N9O3. The third kappa shape index (κ3) is 8.99. The van der Waals surface area contributed by atoms with Gasteiger partial charge in [0.25, 0.3) is 0 Å². The molecule has 12 nitrogen and oxygen atoms in total. The average molecular weight is 640 g/mol. The second-order valence-electron chi connectivity index (χ2n) is 13.4. The lowest BCUT2D eigenvalue weighted by Crippen LogP contribution is -2.55. The van der Waals surface area contributed by atoms with Crippen LogP contribution in [0.3, 0.4) is 0 Å². The first kappa shape index (κ1) is 35.7. The molecule has 1 aromatic carbocycles. The molecule has 2 saturated heterocycles. The molecule has 0 aliphatic carbocycles. The van der Waals surface area contributed by atoms with E-state index < -0.39 is 5.60 Å². The monoisotopic (exact) mass is 639 g/mol. The lowest BCUT2D eigenvalue weighted by Gasteiger charge is -2.40. The van der Waals surface area contributed by atoms with E-state index in [0.29, 0.717) is 25.9 Å². The largest absolute Gasteiger partial charge is 0.444 e. The van der Waals surface area contributed by atoms with Crippen molar-refractivity contribution in [1.29, 1.82) is 0 Å². The Morgan fingerprint density at radius 1 is 1.11 bits per heavy atom. The fourth-order valence-corrected chi connectivity index (χ4v) is 6.24. The van der Waals surface area contributed by atoms with Crippen molar-refractivity contribution in [3.63, 3.8) is 0 Å². The highest BCUT2D eigenvalue weighted by Crippen LogP contribution is 2.31. The van der Waals surface area contributed by atoms with Gasteiger partial charge in [-0.1, -0.05) is 19.1 Å². The van der Waals surface area contributed by atoms with Gasteiger partial charge in [0, 0.05) is 82.9 Å². The summed E-state index contributed by atoms with van der Waals surface area (Å²) in [4.78, 5) is 23.2. The topological polar surface area (TPSA) is 94.5 Å². The molecule has 1 N–H and O–H groups in total. The molecule has 0 bridgehead atoms. The van der Waals surface area contributed by atoms with E-state index in [1.165, 1.54) is 11.3 Å². The summed E-state index contributed by atoms with van der Waals surface area (Å²) >= 11 is 0. The molecule has 2 aliphatic rings. The van der Waals surface area contributed by atoms with Crippen LogP contribution in [0.25, 0.3) is 11.4 Å². The zero-order chi connectivity index (χ0) is 33.4. The van der Waals surface area contributed by atoms with Gasteiger partial charge < -0.3 is 24.4 Å². The summed E-state index contributed by atoms with van der Waals surface area (Å²) < 4.78 is 7.67. The molecule has 2 fully saturated rings. The van der Waals surface area contributed by atoms with Gasteiger partial charge in [-0.25, -0.2) is 14.8 Å². The van der Waals surface area contributed by atoms with Crippen LogP contribution in [0.2, 0.25) is 0 Å². The van der Waals surface area contributed by atoms with E-state index in [9.17, 15) is 4.79 Å². The van der Waals surface area contributed by atoms with Crippen molar-refractivity contribution < 1.29 is 14.4 Å². The molecule has 1 aromatic heterocycles. The number of benzene rings is 1. The van der Waals surface area contributed by atoms with Crippen LogP contribution in [0.15, 0.2) is 35.8 Å². The van der Waals surface area contributed by atoms with E-state index in [4.69, 9.17) is 9.57 Å². The van der Waals surface area contributed by atoms with Gasteiger partial charge in [-0.05, 0) is 78.0 Å². The van der Waals surface area contributed by atoms with Gasteiger partial charge in [0.2, 0.25) is 0 Å². The Balaban J connectivity index is 1.53. The molecule has 256 valence electrons. The zero-order valence-corrected chi connectivity index (χ0v) is 29.7. The molecule has 0 unspecified atom stereocenters. The Labute approximate surface area is 276 Å².